The molecule has 1 aliphatic carbocycles. The number of allylic oxidation sites excluding steroid dienone is 2. The van der Waals surface area contributed by atoms with Gasteiger partial charge < -0.3 is 10.0 Å². The second-order valence-corrected chi connectivity index (χ2v) is 7.87. The number of aliphatic hydroxyl groups is 1. The summed E-state index contributed by atoms with van der Waals surface area (Å²) in [6.07, 6.45) is 11.2. The van der Waals surface area contributed by atoms with E-state index < -0.39 is 5.60 Å². The van der Waals surface area contributed by atoms with Gasteiger partial charge in [0.15, 0.2) is 0 Å². The van der Waals surface area contributed by atoms with E-state index in [1.807, 2.05) is 18.2 Å². The summed E-state index contributed by atoms with van der Waals surface area (Å²) in [6, 6.07) is 7.37. The monoisotopic (exact) mass is 353 g/mol. The lowest BCUT2D eigenvalue weighted by Crippen LogP contribution is -2.49. The van der Waals surface area contributed by atoms with Crippen molar-refractivity contribution in [3.05, 3.63) is 53.1 Å². The maximum atomic E-state index is 12.7. The largest absolute Gasteiger partial charge is 0.388 e. The van der Waals surface area contributed by atoms with Crippen molar-refractivity contribution in [2.24, 2.45) is 5.92 Å². The summed E-state index contributed by atoms with van der Waals surface area (Å²) in [5.74, 6) is 0.749. The molecule has 1 aromatic carbocycles. The third kappa shape index (κ3) is 3.74. The van der Waals surface area contributed by atoms with Crippen LogP contribution in [-0.4, -0.2) is 44.8 Å². The van der Waals surface area contributed by atoms with E-state index in [1.165, 1.54) is 19.3 Å². The Morgan fingerprint density at radius 1 is 1.19 bits per heavy atom. The molecule has 1 atom stereocenters. The fourth-order valence-electron chi connectivity index (χ4n) is 4.23. The van der Waals surface area contributed by atoms with E-state index in [1.54, 1.807) is 17.0 Å². The second kappa shape index (κ2) is 7.33. The van der Waals surface area contributed by atoms with Crippen LogP contribution in [0.25, 0.3) is 10.9 Å². The molecule has 0 unspecified atom stereocenters. The molecule has 0 bridgehead atoms. The van der Waals surface area contributed by atoms with Gasteiger partial charge in [0.1, 0.15) is 0 Å². The number of piperidine rings is 1. The van der Waals surface area contributed by atoms with Gasteiger partial charge >= 0.3 is 0 Å². The highest BCUT2D eigenvalue weighted by atomic mass is 16.3. The van der Waals surface area contributed by atoms with Gasteiger partial charge in [-0.15, -0.1) is 0 Å². The van der Waals surface area contributed by atoms with Crippen LogP contribution in [0.15, 0.2) is 47.5 Å². The highest BCUT2D eigenvalue weighted by molar-refractivity contribution is 5.76. The maximum absolute atomic E-state index is 12.7. The fourth-order valence-corrected chi connectivity index (χ4v) is 4.23. The first-order valence-electron chi connectivity index (χ1n) is 9.67. The van der Waals surface area contributed by atoms with Gasteiger partial charge in [-0.05, 0) is 50.2 Å². The van der Waals surface area contributed by atoms with Gasteiger partial charge in [0, 0.05) is 19.6 Å². The predicted molar refractivity (Wildman–Crippen MR) is 103 cm³/mol. The van der Waals surface area contributed by atoms with Crippen LogP contribution in [0.5, 0.6) is 0 Å². The Bertz CT molecular complexity index is 850. The van der Waals surface area contributed by atoms with E-state index in [9.17, 15) is 9.90 Å². The lowest BCUT2D eigenvalue weighted by atomic mass is 9.89. The molecule has 1 saturated heterocycles. The molecule has 1 aromatic heterocycles. The highest BCUT2D eigenvalue weighted by Crippen LogP contribution is 2.26. The van der Waals surface area contributed by atoms with E-state index in [4.69, 9.17) is 0 Å². The Morgan fingerprint density at radius 3 is 2.77 bits per heavy atom. The first-order chi connectivity index (χ1) is 12.6. The number of hydrogen-bond donors (Lipinski definition) is 1. The molecule has 138 valence electrons. The molecule has 5 heteroatoms. The zero-order valence-electron chi connectivity index (χ0n) is 15.2. The van der Waals surface area contributed by atoms with Crippen LogP contribution in [-0.2, 0) is 6.54 Å². The zero-order chi connectivity index (χ0) is 18.0. The molecule has 1 fully saturated rings. The molecule has 2 aromatic rings. The first kappa shape index (κ1) is 17.4. The summed E-state index contributed by atoms with van der Waals surface area (Å²) >= 11 is 0. The molecule has 0 saturated carbocycles. The Balaban J connectivity index is 1.40. The van der Waals surface area contributed by atoms with E-state index in [0.717, 1.165) is 25.6 Å². The van der Waals surface area contributed by atoms with Crippen molar-refractivity contribution >= 4 is 10.9 Å². The van der Waals surface area contributed by atoms with E-state index >= 15 is 0 Å². The van der Waals surface area contributed by atoms with Crippen LogP contribution in [0.3, 0.4) is 0 Å². The summed E-state index contributed by atoms with van der Waals surface area (Å²) in [4.78, 5) is 19.5. The Labute approximate surface area is 154 Å². The number of nitrogens with zero attached hydrogens (tertiary/aromatic N) is 3. The SMILES string of the molecule is O=c1c2ccccc2ncn1CC1(O)CCN(C[C@H]2CC=CCC2)CC1. The molecule has 4 rings (SSSR count). The summed E-state index contributed by atoms with van der Waals surface area (Å²) in [7, 11) is 0. The normalized spacial score (nSPS) is 23.3. The van der Waals surface area contributed by atoms with Crippen molar-refractivity contribution in [1.29, 1.82) is 0 Å². The number of benzene rings is 1. The minimum atomic E-state index is -0.822. The average molecular weight is 353 g/mol. The highest BCUT2D eigenvalue weighted by Gasteiger charge is 2.33. The van der Waals surface area contributed by atoms with Crippen LogP contribution < -0.4 is 5.56 Å². The van der Waals surface area contributed by atoms with Gasteiger partial charge in [0.2, 0.25) is 0 Å². The molecule has 26 heavy (non-hydrogen) atoms. The number of para-hydroxylation sites is 1. The van der Waals surface area contributed by atoms with Crippen LogP contribution in [0.1, 0.15) is 32.1 Å². The molecule has 5 nitrogen and oxygen atoms in total. The van der Waals surface area contributed by atoms with Crippen LogP contribution in [0.4, 0.5) is 0 Å². The quantitative estimate of drug-likeness (QED) is 0.859. The number of fused-ring (bicyclic) bond motifs is 1. The molecular weight excluding hydrogens is 326 g/mol. The Hall–Kier alpha value is -1.98. The van der Waals surface area contributed by atoms with Gasteiger partial charge in [-0.1, -0.05) is 24.3 Å². The molecular formula is C21H27N3O2. The van der Waals surface area contributed by atoms with Gasteiger partial charge in [-0.3, -0.25) is 9.36 Å². The molecule has 2 aliphatic rings. The van der Waals surface area contributed by atoms with Crippen molar-refractivity contribution in [2.75, 3.05) is 19.6 Å². The van der Waals surface area contributed by atoms with E-state index in [0.29, 0.717) is 30.3 Å². The zero-order valence-corrected chi connectivity index (χ0v) is 15.2. The summed E-state index contributed by atoms with van der Waals surface area (Å²) < 4.78 is 1.57. The van der Waals surface area contributed by atoms with Gasteiger partial charge in [0.25, 0.3) is 5.56 Å². The molecule has 0 spiro atoms. The standard InChI is InChI=1S/C21H27N3O2/c25-20-18-8-4-5-9-19(18)22-16-24(20)15-21(26)10-12-23(13-11-21)14-17-6-2-1-3-7-17/h1-2,4-5,8-9,16-17,26H,3,6-7,10-15H2/t17-/m0/s1. The van der Waals surface area contributed by atoms with Gasteiger partial charge in [0.05, 0.1) is 29.4 Å². The maximum Gasteiger partial charge on any atom is 0.261 e. The molecule has 0 radical (unpaired) electrons. The van der Waals surface area contributed by atoms with Crippen LogP contribution in [0, 0.1) is 5.92 Å². The first-order valence-corrected chi connectivity index (χ1v) is 9.67. The smallest absolute Gasteiger partial charge is 0.261 e. The Kier molecular flexibility index (Phi) is 4.92. The minimum Gasteiger partial charge on any atom is -0.388 e. The third-order valence-corrected chi connectivity index (χ3v) is 5.88. The lowest BCUT2D eigenvalue weighted by Gasteiger charge is -2.39. The van der Waals surface area contributed by atoms with Crippen molar-refractivity contribution in [1.82, 2.24) is 14.5 Å². The Morgan fingerprint density at radius 2 is 2.00 bits per heavy atom. The molecule has 2 heterocycles. The summed E-state index contributed by atoms with van der Waals surface area (Å²) in [5, 5.41) is 11.6. The lowest BCUT2D eigenvalue weighted by molar-refractivity contribution is -0.0375. The molecule has 0 amide bonds. The van der Waals surface area contributed by atoms with Crippen LogP contribution >= 0.6 is 0 Å². The number of rotatable bonds is 4. The summed E-state index contributed by atoms with van der Waals surface area (Å²) in [6.45, 7) is 3.24. The average Bonchev–Trinajstić information content (AvgIpc) is 2.67. The molecule has 1 N–H and O–H groups in total. The fraction of sp³-hybridized carbons (Fsp3) is 0.524. The van der Waals surface area contributed by atoms with Crippen molar-refractivity contribution < 1.29 is 5.11 Å². The third-order valence-electron chi connectivity index (χ3n) is 5.88. The van der Waals surface area contributed by atoms with Gasteiger partial charge in [-0.25, -0.2) is 4.98 Å². The molecule has 1 aliphatic heterocycles. The predicted octanol–water partition coefficient (Wildman–Crippen LogP) is 2.58. The second-order valence-electron chi connectivity index (χ2n) is 7.87. The van der Waals surface area contributed by atoms with Crippen molar-refractivity contribution in [3.63, 3.8) is 0 Å². The number of hydrogen-bond acceptors (Lipinski definition) is 4. The number of aromatic nitrogens is 2. The van der Waals surface area contributed by atoms with Crippen molar-refractivity contribution in [3.8, 4) is 0 Å². The van der Waals surface area contributed by atoms with E-state index in [-0.39, 0.29) is 5.56 Å². The van der Waals surface area contributed by atoms with Crippen LogP contribution in [0.2, 0.25) is 0 Å². The number of likely N-dealkylation sites (tertiary alicyclic amines) is 1. The van der Waals surface area contributed by atoms with E-state index in [2.05, 4.69) is 22.0 Å². The van der Waals surface area contributed by atoms with Crippen molar-refractivity contribution in [2.45, 2.75) is 44.2 Å². The summed E-state index contributed by atoms with van der Waals surface area (Å²) in [5.41, 5.74) is -0.186. The topological polar surface area (TPSA) is 58.4 Å². The van der Waals surface area contributed by atoms with Gasteiger partial charge in [-0.2, -0.15) is 0 Å². The minimum absolute atomic E-state index is 0.0690.